The van der Waals surface area contributed by atoms with Crippen molar-refractivity contribution in [1.29, 1.82) is 0 Å². The Balaban J connectivity index is 1.95. The van der Waals surface area contributed by atoms with E-state index in [9.17, 15) is 13.2 Å². The molecule has 6 heteroatoms. The van der Waals surface area contributed by atoms with Crippen molar-refractivity contribution in [2.24, 2.45) is 0 Å². The first-order valence-electron chi connectivity index (χ1n) is 5.85. The fourth-order valence-corrected chi connectivity index (χ4v) is 1.90. The second kappa shape index (κ2) is 4.88. The summed E-state index contributed by atoms with van der Waals surface area (Å²) in [6.07, 6.45) is 0. The van der Waals surface area contributed by atoms with Crippen LogP contribution >= 0.6 is 0 Å². The molecule has 0 amide bonds. The fraction of sp³-hybridized carbons (Fsp3) is 0.0714. The van der Waals surface area contributed by atoms with Gasteiger partial charge in [0.1, 0.15) is 12.1 Å². The third kappa shape index (κ3) is 2.09. The van der Waals surface area contributed by atoms with Gasteiger partial charge in [0.15, 0.2) is 17.4 Å². The average molecular weight is 278 g/mol. The molecule has 0 unspecified atom stereocenters. The lowest BCUT2D eigenvalue weighted by Crippen LogP contribution is -2.00. The van der Waals surface area contributed by atoms with Crippen molar-refractivity contribution in [1.82, 2.24) is 10.2 Å². The molecule has 102 valence electrons. The molecule has 3 nitrogen and oxygen atoms in total. The first-order chi connectivity index (χ1) is 9.66. The Morgan fingerprint density at radius 3 is 2.60 bits per heavy atom. The van der Waals surface area contributed by atoms with Gasteiger partial charge in [0.05, 0.1) is 5.39 Å². The van der Waals surface area contributed by atoms with Crippen molar-refractivity contribution in [2.45, 2.75) is 6.61 Å². The zero-order valence-corrected chi connectivity index (χ0v) is 10.2. The Bertz CT molecular complexity index is 756. The van der Waals surface area contributed by atoms with Gasteiger partial charge in [-0.3, -0.25) is 5.10 Å². The van der Waals surface area contributed by atoms with Crippen LogP contribution < -0.4 is 4.74 Å². The summed E-state index contributed by atoms with van der Waals surface area (Å²) in [5, 5.41) is 5.13. The molecule has 3 aromatic rings. The number of fused-ring (bicyclic) bond motifs is 1. The van der Waals surface area contributed by atoms with Gasteiger partial charge in [0.25, 0.3) is 0 Å². The second-order valence-corrected chi connectivity index (χ2v) is 4.21. The number of hydrogen-bond donors (Lipinski definition) is 1. The molecule has 0 aliphatic carbocycles. The molecular formula is C14H9F3N2O. The molecule has 0 radical (unpaired) electrons. The summed E-state index contributed by atoms with van der Waals surface area (Å²) in [6.45, 7) is 0.0107. The first kappa shape index (κ1) is 12.5. The van der Waals surface area contributed by atoms with E-state index in [0.717, 1.165) is 11.6 Å². The number of H-pyrrole nitrogens is 1. The number of aromatic amines is 1. The lowest BCUT2D eigenvalue weighted by Gasteiger charge is -2.08. The summed E-state index contributed by atoms with van der Waals surface area (Å²) >= 11 is 0. The highest BCUT2D eigenvalue weighted by Gasteiger charge is 2.19. The van der Waals surface area contributed by atoms with E-state index in [0.29, 0.717) is 0 Å². The molecule has 0 atom stereocenters. The van der Waals surface area contributed by atoms with Crippen LogP contribution in [0.4, 0.5) is 13.2 Å². The molecule has 0 fully saturated rings. The molecule has 0 bridgehead atoms. The molecule has 0 saturated heterocycles. The molecule has 0 saturated carbocycles. The molecule has 20 heavy (non-hydrogen) atoms. The maximum atomic E-state index is 14.0. The van der Waals surface area contributed by atoms with Gasteiger partial charge in [0, 0.05) is 0 Å². The minimum Gasteiger partial charge on any atom is -0.483 e. The number of aromatic nitrogens is 2. The van der Waals surface area contributed by atoms with Crippen LogP contribution in [0.1, 0.15) is 5.56 Å². The molecule has 1 heterocycles. The third-order valence-corrected chi connectivity index (χ3v) is 2.89. The van der Waals surface area contributed by atoms with Gasteiger partial charge in [0.2, 0.25) is 5.95 Å². The molecule has 0 aliphatic rings. The smallest absolute Gasteiger partial charge is 0.240 e. The monoisotopic (exact) mass is 278 g/mol. The van der Waals surface area contributed by atoms with E-state index < -0.39 is 23.3 Å². The Hall–Kier alpha value is -2.50. The predicted molar refractivity (Wildman–Crippen MR) is 66.7 cm³/mol. The minimum absolute atomic E-state index is 0.0107. The largest absolute Gasteiger partial charge is 0.483 e. The molecule has 1 aromatic heterocycles. The number of nitrogens with one attached hydrogen (secondary N) is 1. The number of benzene rings is 2. The number of halogens is 3. The SMILES string of the molecule is Fc1cc2c(F)n[nH]c2c(F)c1OCc1ccccc1. The number of rotatable bonds is 3. The summed E-state index contributed by atoms with van der Waals surface area (Å²) in [7, 11) is 0. The lowest BCUT2D eigenvalue weighted by atomic mass is 10.2. The summed E-state index contributed by atoms with van der Waals surface area (Å²) in [6, 6.07) is 9.80. The van der Waals surface area contributed by atoms with Crippen molar-refractivity contribution < 1.29 is 17.9 Å². The molecule has 1 N–H and O–H groups in total. The third-order valence-electron chi connectivity index (χ3n) is 2.89. The van der Waals surface area contributed by atoms with Gasteiger partial charge in [-0.1, -0.05) is 30.3 Å². The molecule has 0 aliphatic heterocycles. The highest BCUT2D eigenvalue weighted by atomic mass is 19.1. The van der Waals surface area contributed by atoms with Crippen molar-refractivity contribution >= 4 is 10.9 Å². The molecular weight excluding hydrogens is 269 g/mol. The van der Waals surface area contributed by atoms with E-state index in [1.807, 2.05) is 6.07 Å². The maximum Gasteiger partial charge on any atom is 0.240 e. The summed E-state index contributed by atoms with van der Waals surface area (Å²) in [5.41, 5.74) is 0.550. The van der Waals surface area contributed by atoms with Crippen LogP contribution in [0.2, 0.25) is 0 Å². The van der Waals surface area contributed by atoms with E-state index in [4.69, 9.17) is 4.74 Å². The fourth-order valence-electron chi connectivity index (χ4n) is 1.90. The zero-order valence-electron chi connectivity index (χ0n) is 10.2. The highest BCUT2D eigenvalue weighted by Crippen LogP contribution is 2.30. The number of ether oxygens (including phenoxy) is 1. The van der Waals surface area contributed by atoms with Crippen LogP contribution in [-0.4, -0.2) is 10.2 Å². The van der Waals surface area contributed by atoms with Crippen molar-refractivity contribution in [3.05, 3.63) is 59.5 Å². The number of nitrogens with zero attached hydrogens (tertiary/aromatic N) is 1. The average Bonchev–Trinajstić information content (AvgIpc) is 2.81. The maximum absolute atomic E-state index is 14.0. The Morgan fingerprint density at radius 2 is 1.85 bits per heavy atom. The standard InChI is InChI=1S/C14H9F3N2O/c15-10-6-9-12(18-19-14(9)17)11(16)13(10)20-7-8-4-2-1-3-5-8/h1-6H,7H2,(H,18,19). The van der Waals surface area contributed by atoms with E-state index in [1.54, 1.807) is 24.3 Å². The Kier molecular flexibility index (Phi) is 3.06. The Labute approximate surface area is 112 Å². The molecule has 3 rings (SSSR count). The minimum atomic E-state index is -0.993. The van der Waals surface area contributed by atoms with E-state index in [2.05, 4.69) is 10.2 Å². The second-order valence-electron chi connectivity index (χ2n) is 4.21. The van der Waals surface area contributed by atoms with Crippen LogP contribution in [0.25, 0.3) is 10.9 Å². The highest BCUT2D eigenvalue weighted by molar-refractivity contribution is 5.81. The zero-order chi connectivity index (χ0) is 14.1. The lowest BCUT2D eigenvalue weighted by molar-refractivity contribution is 0.275. The van der Waals surface area contributed by atoms with Gasteiger partial charge in [-0.25, -0.2) is 8.78 Å². The van der Waals surface area contributed by atoms with Crippen LogP contribution in [-0.2, 0) is 6.61 Å². The van der Waals surface area contributed by atoms with E-state index >= 15 is 0 Å². The normalized spacial score (nSPS) is 10.9. The van der Waals surface area contributed by atoms with Gasteiger partial charge in [-0.2, -0.15) is 4.39 Å². The summed E-state index contributed by atoms with van der Waals surface area (Å²) in [5.74, 6) is -3.46. The van der Waals surface area contributed by atoms with Crippen LogP contribution in [0.3, 0.4) is 0 Å². The van der Waals surface area contributed by atoms with Crippen LogP contribution in [0, 0.1) is 17.6 Å². The van der Waals surface area contributed by atoms with Crippen molar-refractivity contribution in [2.75, 3.05) is 0 Å². The molecule has 0 spiro atoms. The predicted octanol–water partition coefficient (Wildman–Crippen LogP) is 3.56. The van der Waals surface area contributed by atoms with Gasteiger partial charge < -0.3 is 4.74 Å². The number of hydrogen-bond acceptors (Lipinski definition) is 2. The van der Waals surface area contributed by atoms with E-state index in [-0.39, 0.29) is 17.5 Å². The van der Waals surface area contributed by atoms with E-state index in [1.165, 1.54) is 0 Å². The van der Waals surface area contributed by atoms with Gasteiger partial charge >= 0.3 is 0 Å². The summed E-state index contributed by atoms with van der Waals surface area (Å²) < 4.78 is 46.1. The Morgan fingerprint density at radius 1 is 1.10 bits per heavy atom. The molecule has 2 aromatic carbocycles. The van der Waals surface area contributed by atoms with Crippen LogP contribution in [0.5, 0.6) is 5.75 Å². The van der Waals surface area contributed by atoms with Gasteiger partial charge in [-0.15, -0.1) is 5.10 Å². The van der Waals surface area contributed by atoms with Crippen molar-refractivity contribution in [3.63, 3.8) is 0 Å². The van der Waals surface area contributed by atoms with Crippen LogP contribution in [0.15, 0.2) is 36.4 Å². The summed E-state index contributed by atoms with van der Waals surface area (Å²) in [4.78, 5) is 0. The topological polar surface area (TPSA) is 37.9 Å². The van der Waals surface area contributed by atoms with Gasteiger partial charge in [-0.05, 0) is 11.6 Å². The first-order valence-corrected chi connectivity index (χ1v) is 5.85. The quantitative estimate of drug-likeness (QED) is 0.795. The van der Waals surface area contributed by atoms with Crippen molar-refractivity contribution in [3.8, 4) is 5.75 Å².